The topological polar surface area (TPSA) is 50.8 Å². The molecule has 2 aromatic rings. The Morgan fingerprint density at radius 1 is 1.11 bits per heavy atom. The molecule has 1 aromatic carbocycles. The highest BCUT2D eigenvalue weighted by atomic mass is 19.4. The summed E-state index contributed by atoms with van der Waals surface area (Å²) < 4.78 is 39.5. The van der Waals surface area contributed by atoms with Crippen LogP contribution in [0, 0.1) is 0 Å². The number of H-pyrrole nitrogens is 1. The Bertz CT molecular complexity index is 517. The lowest BCUT2D eigenvalue weighted by atomic mass is 10.2. The van der Waals surface area contributed by atoms with E-state index in [-0.39, 0.29) is 5.75 Å². The quantitative estimate of drug-likeness (QED) is 0.917. The van der Waals surface area contributed by atoms with Crippen LogP contribution in [0.3, 0.4) is 0 Å². The lowest BCUT2D eigenvalue weighted by Crippen LogP contribution is -2.16. The third-order valence-electron chi connectivity index (χ3n) is 1.97. The number of hydrogen-bond donors (Lipinski definition) is 1. The van der Waals surface area contributed by atoms with Crippen molar-refractivity contribution in [3.63, 3.8) is 0 Å². The number of rotatable bonds is 3. The van der Waals surface area contributed by atoms with Crippen LogP contribution in [0.25, 0.3) is 12.2 Å². The summed E-state index contributed by atoms with van der Waals surface area (Å²) in [7, 11) is 0. The second-order valence-corrected chi connectivity index (χ2v) is 3.31. The molecule has 2 rings (SSSR count). The summed E-state index contributed by atoms with van der Waals surface area (Å²) in [6.07, 6.45) is 0.0763. The van der Waals surface area contributed by atoms with Gasteiger partial charge in [0.15, 0.2) is 5.82 Å². The summed E-state index contributed by atoms with van der Waals surface area (Å²) in [6.45, 7) is 0. The number of aromatic nitrogens is 3. The molecule has 0 fully saturated rings. The van der Waals surface area contributed by atoms with E-state index in [4.69, 9.17) is 0 Å². The zero-order valence-corrected chi connectivity index (χ0v) is 8.98. The molecule has 0 spiro atoms. The van der Waals surface area contributed by atoms with Crippen LogP contribution in [-0.4, -0.2) is 21.5 Å². The highest BCUT2D eigenvalue weighted by Crippen LogP contribution is 2.23. The number of alkyl halides is 3. The van der Waals surface area contributed by atoms with E-state index in [1.165, 1.54) is 30.6 Å². The van der Waals surface area contributed by atoms with Gasteiger partial charge in [0.05, 0.1) is 0 Å². The number of benzene rings is 1. The molecule has 0 aliphatic carbocycles. The van der Waals surface area contributed by atoms with E-state index in [0.717, 1.165) is 0 Å². The molecule has 1 N–H and O–H groups in total. The molecule has 0 amide bonds. The first-order valence-electron chi connectivity index (χ1n) is 4.92. The van der Waals surface area contributed by atoms with E-state index in [0.29, 0.717) is 11.4 Å². The standard InChI is InChI=1S/C11H8F3N3O/c12-11(13,14)18-9-4-1-8(2-5-9)3-6-10-15-7-16-17-10/h1-7H,(H,15,16,17). The van der Waals surface area contributed by atoms with Gasteiger partial charge in [0.25, 0.3) is 0 Å². The fourth-order valence-corrected chi connectivity index (χ4v) is 1.25. The average molecular weight is 255 g/mol. The molecule has 0 unspecified atom stereocenters. The average Bonchev–Trinajstić information content (AvgIpc) is 2.79. The van der Waals surface area contributed by atoms with Crippen molar-refractivity contribution in [1.29, 1.82) is 0 Å². The van der Waals surface area contributed by atoms with Gasteiger partial charge in [-0.05, 0) is 23.8 Å². The van der Waals surface area contributed by atoms with Crippen LogP contribution in [-0.2, 0) is 0 Å². The molecule has 1 heterocycles. The SMILES string of the molecule is FC(F)(F)Oc1ccc(C=Cc2nc[nH]n2)cc1. The largest absolute Gasteiger partial charge is 0.573 e. The summed E-state index contributed by atoms with van der Waals surface area (Å²) in [4.78, 5) is 3.87. The minimum atomic E-state index is -4.67. The fraction of sp³-hybridized carbons (Fsp3) is 0.0909. The van der Waals surface area contributed by atoms with Gasteiger partial charge in [-0.1, -0.05) is 18.2 Å². The maximum absolute atomic E-state index is 11.9. The second-order valence-electron chi connectivity index (χ2n) is 3.31. The minimum absolute atomic E-state index is 0.252. The summed E-state index contributed by atoms with van der Waals surface area (Å²) in [5.41, 5.74) is 0.717. The Balaban J connectivity index is 2.04. The zero-order valence-electron chi connectivity index (χ0n) is 8.98. The second kappa shape index (κ2) is 4.91. The van der Waals surface area contributed by atoms with Crippen LogP contribution < -0.4 is 4.74 Å². The van der Waals surface area contributed by atoms with Gasteiger partial charge in [-0.25, -0.2) is 4.98 Å². The van der Waals surface area contributed by atoms with Gasteiger partial charge < -0.3 is 4.74 Å². The Morgan fingerprint density at radius 2 is 1.83 bits per heavy atom. The number of hydrogen-bond acceptors (Lipinski definition) is 3. The third-order valence-corrected chi connectivity index (χ3v) is 1.97. The van der Waals surface area contributed by atoms with Crippen molar-refractivity contribution in [2.45, 2.75) is 6.36 Å². The summed E-state index contributed by atoms with van der Waals surface area (Å²) in [5, 5.41) is 6.34. The molecule has 1 aromatic heterocycles. The van der Waals surface area contributed by atoms with Crippen molar-refractivity contribution < 1.29 is 17.9 Å². The van der Waals surface area contributed by atoms with Crippen molar-refractivity contribution in [2.24, 2.45) is 0 Å². The molecule has 0 bridgehead atoms. The van der Waals surface area contributed by atoms with Crippen LogP contribution in [0.1, 0.15) is 11.4 Å². The molecule has 0 aliphatic heterocycles. The van der Waals surface area contributed by atoms with E-state index >= 15 is 0 Å². The molecule has 7 heteroatoms. The van der Waals surface area contributed by atoms with E-state index in [9.17, 15) is 13.2 Å². The van der Waals surface area contributed by atoms with Gasteiger partial charge in [0.2, 0.25) is 0 Å². The van der Waals surface area contributed by atoms with Crippen LogP contribution in [0.5, 0.6) is 5.75 Å². The van der Waals surface area contributed by atoms with Crippen LogP contribution in [0.2, 0.25) is 0 Å². The normalized spacial score (nSPS) is 11.9. The molecule has 4 nitrogen and oxygen atoms in total. The lowest BCUT2D eigenvalue weighted by molar-refractivity contribution is -0.274. The first kappa shape index (κ1) is 12.2. The van der Waals surface area contributed by atoms with Crippen LogP contribution in [0.4, 0.5) is 13.2 Å². The molecule has 0 radical (unpaired) electrons. The van der Waals surface area contributed by atoms with E-state index in [1.807, 2.05) is 0 Å². The number of halogens is 3. The van der Waals surface area contributed by atoms with Crippen molar-refractivity contribution >= 4 is 12.2 Å². The number of aromatic amines is 1. The van der Waals surface area contributed by atoms with Crippen molar-refractivity contribution in [3.05, 3.63) is 42.0 Å². The molecule has 0 saturated carbocycles. The highest BCUT2D eigenvalue weighted by molar-refractivity contribution is 5.66. The first-order valence-corrected chi connectivity index (χ1v) is 4.92. The Hall–Kier alpha value is -2.31. The smallest absolute Gasteiger partial charge is 0.406 e. The Kier molecular flexibility index (Phi) is 3.31. The van der Waals surface area contributed by atoms with Gasteiger partial charge in [-0.3, -0.25) is 5.10 Å². The maximum atomic E-state index is 11.9. The third kappa shape index (κ3) is 3.62. The van der Waals surface area contributed by atoms with Gasteiger partial charge in [0.1, 0.15) is 12.1 Å². The summed E-state index contributed by atoms with van der Waals surface area (Å²) >= 11 is 0. The number of ether oxygens (including phenoxy) is 1. The van der Waals surface area contributed by atoms with Crippen molar-refractivity contribution in [1.82, 2.24) is 15.2 Å². The van der Waals surface area contributed by atoms with E-state index in [1.54, 1.807) is 12.2 Å². The van der Waals surface area contributed by atoms with Gasteiger partial charge in [-0.15, -0.1) is 13.2 Å². The van der Waals surface area contributed by atoms with Crippen LogP contribution in [0.15, 0.2) is 30.6 Å². The van der Waals surface area contributed by atoms with Gasteiger partial charge >= 0.3 is 6.36 Å². The van der Waals surface area contributed by atoms with Crippen LogP contribution >= 0.6 is 0 Å². The molecule has 18 heavy (non-hydrogen) atoms. The van der Waals surface area contributed by atoms with Gasteiger partial charge in [-0.2, -0.15) is 5.10 Å². The fourth-order valence-electron chi connectivity index (χ4n) is 1.25. The number of nitrogens with one attached hydrogen (secondary N) is 1. The summed E-state index contributed by atoms with van der Waals surface area (Å²) in [6, 6.07) is 5.49. The van der Waals surface area contributed by atoms with E-state index < -0.39 is 6.36 Å². The maximum Gasteiger partial charge on any atom is 0.573 e. The highest BCUT2D eigenvalue weighted by Gasteiger charge is 2.30. The molecule has 0 aliphatic rings. The monoisotopic (exact) mass is 255 g/mol. The lowest BCUT2D eigenvalue weighted by Gasteiger charge is -2.08. The molecule has 94 valence electrons. The Labute approximate surface area is 100 Å². The van der Waals surface area contributed by atoms with Gasteiger partial charge in [0, 0.05) is 0 Å². The number of nitrogens with zero attached hydrogens (tertiary/aromatic N) is 2. The molecular weight excluding hydrogens is 247 g/mol. The molecular formula is C11H8F3N3O. The first-order chi connectivity index (χ1) is 8.53. The zero-order chi connectivity index (χ0) is 13.0. The minimum Gasteiger partial charge on any atom is -0.406 e. The Morgan fingerprint density at radius 3 is 2.39 bits per heavy atom. The molecule has 0 atom stereocenters. The predicted octanol–water partition coefficient (Wildman–Crippen LogP) is 2.87. The van der Waals surface area contributed by atoms with E-state index in [2.05, 4.69) is 19.9 Å². The predicted molar refractivity (Wildman–Crippen MR) is 58.4 cm³/mol. The molecule has 0 saturated heterocycles. The van der Waals surface area contributed by atoms with Crippen molar-refractivity contribution in [2.75, 3.05) is 0 Å². The van der Waals surface area contributed by atoms with Crippen molar-refractivity contribution in [3.8, 4) is 5.75 Å². The summed E-state index contributed by atoms with van der Waals surface area (Å²) in [5.74, 6) is 0.239.